The van der Waals surface area contributed by atoms with Crippen molar-refractivity contribution in [2.75, 3.05) is 18.6 Å². The van der Waals surface area contributed by atoms with Crippen molar-refractivity contribution in [3.05, 3.63) is 52.0 Å². The summed E-state index contributed by atoms with van der Waals surface area (Å²) in [6, 6.07) is 7.88. The van der Waals surface area contributed by atoms with Crippen molar-refractivity contribution in [3.8, 4) is 11.5 Å². The smallest absolute Gasteiger partial charge is 0.416 e. The second-order valence-corrected chi connectivity index (χ2v) is 6.31. The van der Waals surface area contributed by atoms with Crippen LogP contribution >= 0.6 is 15.9 Å². The first kappa shape index (κ1) is 21.5. The van der Waals surface area contributed by atoms with Gasteiger partial charge in [-0.1, -0.05) is 6.07 Å². The van der Waals surface area contributed by atoms with E-state index < -0.39 is 17.6 Å². The molecule has 1 amide bonds. The molecule has 0 aliphatic rings. The number of hydrogen-bond acceptors (Lipinski definition) is 5. The maximum Gasteiger partial charge on any atom is 0.416 e. The van der Waals surface area contributed by atoms with Crippen LogP contribution in [0.2, 0.25) is 0 Å². The Balaban J connectivity index is 2.19. The zero-order valence-corrected chi connectivity index (χ0v) is 16.3. The molecule has 6 nitrogen and oxygen atoms in total. The van der Waals surface area contributed by atoms with Crippen LogP contribution < -0.4 is 20.6 Å². The average Bonchev–Trinajstić information content (AvgIpc) is 2.62. The van der Waals surface area contributed by atoms with Gasteiger partial charge in [0, 0.05) is 10.0 Å². The summed E-state index contributed by atoms with van der Waals surface area (Å²) in [4.78, 5) is 10.9. The fourth-order valence-electron chi connectivity index (χ4n) is 2.12. The van der Waals surface area contributed by atoms with Crippen molar-refractivity contribution in [2.24, 2.45) is 10.8 Å². The van der Waals surface area contributed by atoms with E-state index in [9.17, 15) is 18.0 Å². The number of carbonyl (C=O) groups excluding carboxylic acids is 1. The Morgan fingerprint density at radius 3 is 2.61 bits per heavy atom. The predicted octanol–water partition coefficient (Wildman–Crippen LogP) is 4.18. The summed E-state index contributed by atoms with van der Waals surface area (Å²) >= 11 is 3.34. The third kappa shape index (κ3) is 6.15. The predicted molar refractivity (Wildman–Crippen MR) is 103 cm³/mol. The zero-order valence-electron chi connectivity index (χ0n) is 14.7. The fraction of sp³-hybridized carbons (Fsp3) is 0.222. The summed E-state index contributed by atoms with van der Waals surface area (Å²) in [5.74, 6) is 0.0532. The molecule has 0 radical (unpaired) electrons. The largest absolute Gasteiger partial charge is 0.490 e. The normalized spacial score (nSPS) is 11.5. The summed E-state index contributed by atoms with van der Waals surface area (Å²) in [6.07, 6.45) is -3.03. The maximum atomic E-state index is 12.7. The van der Waals surface area contributed by atoms with Gasteiger partial charge in [-0.05, 0) is 53.2 Å². The first-order chi connectivity index (χ1) is 13.2. The van der Waals surface area contributed by atoms with Crippen LogP contribution in [0, 0.1) is 0 Å². The number of amides is 1. The van der Waals surface area contributed by atoms with Gasteiger partial charge in [-0.15, -0.1) is 0 Å². The zero-order chi connectivity index (χ0) is 20.7. The lowest BCUT2D eigenvalue weighted by atomic mass is 10.2. The van der Waals surface area contributed by atoms with Crippen LogP contribution in [0.25, 0.3) is 0 Å². The van der Waals surface area contributed by atoms with Crippen molar-refractivity contribution < 1.29 is 27.4 Å². The Kier molecular flexibility index (Phi) is 7.27. The molecule has 3 N–H and O–H groups in total. The second kappa shape index (κ2) is 9.45. The molecule has 10 heteroatoms. The van der Waals surface area contributed by atoms with E-state index in [1.54, 1.807) is 19.1 Å². The van der Waals surface area contributed by atoms with Crippen molar-refractivity contribution in [1.29, 1.82) is 0 Å². The lowest BCUT2D eigenvalue weighted by Gasteiger charge is -2.13. The SMILES string of the molecule is CCOc1cc(/C=N/Nc2cccc(C(F)(F)F)c2)c(Br)cc1OCC(N)=O. The molecule has 0 saturated carbocycles. The molecular weight excluding hydrogens is 443 g/mol. The van der Waals surface area contributed by atoms with Gasteiger partial charge in [0.2, 0.25) is 0 Å². The van der Waals surface area contributed by atoms with Crippen LogP contribution in [0.4, 0.5) is 18.9 Å². The maximum absolute atomic E-state index is 12.7. The second-order valence-electron chi connectivity index (χ2n) is 5.46. The number of nitrogens with zero attached hydrogens (tertiary/aromatic N) is 1. The van der Waals surface area contributed by atoms with Gasteiger partial charge < -0.3 is 15.2 Å². The Hall–Kier alpha value is -2.75. The molecule has 2 rings (SSSR count). The van der Waals surface area contributed by atoms with Gasteiger partial charge in [-0.25, -0.2) is 0 Å². The lowest BCUT2D eigenvalue weighted by molar-refractivity contribution is -0.137. The van der Waals surface area contributed by atoms with E-state index in [0.29, 0.717) is 28.1 Å². The lowest BCUT2D eigenvalue weighted by Crippen LogP contribution is -2.20. The molecular formula is C18H17BrF3N3O3. The number of benzene rings is 2. The standard InChI is InChI=1S/C18H17BrF3N3O3/c1-2-27-15-6-11(14(19)8-16(15)28-10-17(23)26)9-24-25-13-5-3-4-12(7-13)18(20,21)22/h3-9,25H,2,10H2,1H3,(H2,23,26)/b24-9+. The number of nitrogens with two attached hydrogens (primary N) is 1. The molecule has 2 aromatic carbocycles. The summed E-state index contributed by atoms with van der Waals surface area (Å²) in [5.41, 5.74) is 7.62. The number of carbonyl (C=O) groups is 1. The molecule has 0 atom stereocenters. The van der Waals surface area contributed by atoms with Crippen molar-refractivity contribution >= 4 is 33.7 Å². The van der Waals surface area contributed by atoms with Gasteiger partial charge in [-0.3, -0.25) is 10.2 Å². The molecule has 0 heterocycles. The van der Waals surface area contributed by atoms with Gasteiger partial charge >= 0.3 is 6.18 Å². The monoisotopic (exact) mass is 459 g/mol. The highest BCUT2D eigenvalue weighted by molar-refractivity contribution is 9.10. The molecule has 0 unspecified atom stereocenters. The highest BCUT2D eigenvalue weighted by atomic mass is 79.9. The van der Waals surface area contributed by atoms with E-state index in [1.807, 2.05) is 0 Å². The van der Waals surface area contributed by atoms with E-state index >= 15 is 0 Å². The molecule has 150 valence electrons. The van der Waals surface area contributed by atoms with Gasteiger partial charge in [0.15, 0.2) is 18.1 Å². The van der Waals surface area contributed by atoms with Gasteiger partial charge in [0.1, 0.15) is 0 Å². The van der Waals surface area contributed by atoms with Crippen molar-refractivity contribution in [1.82, 2.24) is 0 Å². The number of ether oxygens (including phenoxy) is 2. The minimum absolute atomic E-state index is 0.189. The van der Waals surface area contributed by atoms with Gasteiger partial charge in [0.05, 0.1) is 24.1 Å². The van der Waals surface area contributed by atoms with Crippen molar-refractivity contribution in [3.63, 3.8) is 0 Å². The molecule has 0 aromatic heterocycles. The van der Waals surface area contributed by atoms with E-state index in [0.717, 1.165) is 12.1 Å². The van der Waals surface area contributed by atoms with Crippen LogP contribution in [0.15, 0.2) is 46.0 Å². The number of hydrazone groups is 1. The highest BCUT2D eigenvalue weighted by Crippen LogP contribution is 2.33. The van der Waals surface area contributed by atoms with E-state index in [2.05, 4.69) is 26.5 Å². The number of nitrogens with one attached hydrogen (secondary N) is 1. The topological polar surface area (TPSA) is 85.9 Å². The Morgan fingerprint density at radius 2 is 1.96 bits per heavy atom. The van der Waals surface area contributed by atoms with Gasteiger partial charge in [0.25, 0.3) is 5.91 Å². The Labute approximate surface area is 167 Å². The van der Waals surface area contributed by atoms with Crippen LogP contribution in [0.1, 0.15) is 18.1 Å². The minimum atomic E-state index is -4.43. The number of halogens is 4. The number of primary amides is 1. The molecule has 0 spiro atoms. The Bertz CT molecular complexity index is 873. The summed E-state index contributed by atoms with van der Waals surface area (Å²) in [7, 11) is 0. The molecule has 0 fully saturated rings. The highest BCUT2D eigenvalue weighted by Gasteiger charge is 2.30. The van der Waals surface area contributed by atoms with Crippen LogP contribution in [0.3, 0.4) is 0 Å². The number of rotatable bonds is 8. The Morgan fingerprint density at radius 1 is 1.25 bits per heavy atom. The first-order valence-corrected chi connectivity index (χ1v) is 8.83. The summed E-state index contributed by atoms with van der Waals surface area (Å²) < 4.78 is 49.6. The molecule has 28 heavy (non-hydrogen) atoms. The van der Waals surface area contributed by atoms with Gasteiger partial charge in [-0.2, -0.15) is 18.3 Å². The van der Waals surface area contributed by atoms with Crippen LogP contribution in [0.5, 0.6) is 11.5 Å². The number of alkyl halides is 3. The van der Waals surface area contributed by atoms with E-state index in [4.69, 9.17) is 15.2 Å². The molecule has 0 saturated heterocycles. The van der Waals surface area contributed by atoms with Crippen LogP contribution in [-0.2, 0) is 11.0 Å². The molecule has 2 aromatic rings. The first-order valence-electron chi connectivity index (χ1n) is 8.04. The quantitative estimate of drug-likeness (QED) is 0.458. The molecule has 0 aliphatic heterocycles. The van der Waals surface area contributed by atoms with E-state index in [1.165, 1.54) is 18.3 Å². The third-order valence-electron chi connectivity index (χ3n) is 3.32. The number of hydrogen-bond donors (Lipinski definition) is 2. The molecule has 0 bridgehead atoms. The molecule has 0 aliphatic carbocycles. The summed E-state index contributed by atoms with van der Waals surface area (Å²) in [5, 5.41) is 3.96. The number of anilines is 1. The average molecular weight is 460 g/mol. The van der Waals surface area contributed by atoms with E-state index in [-0.39, 0.29) is 12.3 Å². The third-order valence-corrected chi connectivity index (χ3v) is 4.01. The summed E-state index contributed by atoms with van der Waals surface area (Å²) in [6.45, 7) is 1.83. The minimum Gasteiger partial charge on any atom is -0.490 e. The fourth-order valence-corrected chi connectivity index (χ4v) is 2.55. The van der Waals surface area contributed by atoms with Crippen LogP contribution in [-0.4, -0.2) is 25.3 Å². The van der Waals surface area contributed by atoms with Crippen molar-refractivity contribution in [2.45, 2.75) is 13.1 Å².